The molecule has 2 amide bonds. The van der Waals surface area contributed by atoms with E-state index < -0.39 is 0 Å². The van der Waals surface area contributed by atoms with Crippen molar-refractivity contribution >= 4 is 17.5 Å². The number of rotatable bonds is 2. The van der Waals surface area contributed by atoms with Crippen LogP contribution in [-0.2, 0) is 4.79 Å². The summed E-state index contributed by atoms with van der Waals surface area (Å²) in [5, 5.41) is 7.45. The third-order valence-electron chi connectivity index (χ3n) is 4.51. The highest BCUT2D eigenvalue weighted by Crippen LogP contribution is 2.36. The van der Waals surface area contributed by atoms with Crippen molar-refractivity contribution in [2.45, 2.75) is 24.9 Å². The molecule has 2 fully saturated rings. The van der Waals surface area contributed by atoms with Crippen LogP contribution in [0.1, 0.15) is 23.2 Å². The van der Waals surface area contributed by atoms with Crippen LogP contribution in [0, 0.1) is 0 Å². The summed E-state index contributed by atoms with van der Waals surface area (Å²) in [5.74, 6) is -0.0495. The molecule has 2 aromatic rings. The van der Waals surface area contributed by atoms with Gasteiger partial charge in [0.05, 0.1) is 41.9 Å². The van der Waals surface area contributed by atoms with Gasteiger partial charge in [-0.2, -0.15) is 10.2 Å². The van der Waals surface area contributed by atoms with E-state index in [9.17, 15) is 9.59 Å². The summed E-state index contributed by atoms with van der Waals surface area (Å²) in [6, 6.07) is 5.27. The second kappa shape index (κ2) is 5.42. The zero-order valence-corrected chi connectivity index (χ0v) is 12.4. The second-order valence-corrected chi connectivity index (χ2v) is 5.73. The Morgan fingerprint density at radius 1 is 1.13 bits per heavy atom. The minimum absolute atomic E-state index is 0.0189. The van der Waals surface area contributed by atoms with Gasteiger partial charge in [0.15, 0.2) is 0 Å². The Morgan fingerprint density at radius 3 is 2.78 bits per heavy atom. The van der Waals surface area contributed by atoms with Gasteiger partial charge in [-0.1, -0.05) is 0 Å². The monoisotopic (exact) mass is 309 g/mol. The van der Waals surface area contributed by atoms with E-state index in [-0.39, 0.29) is 23.9 Å². The van der Waals surface area contributed by atoms with Crippen molar-refractivity contribution in [3.05, 3.63) is 48.5 Å². The van der Waals surface area contributed by atoms with Gasteiger partial charge in [0.1, 0.15) is 0 Å². The number of carbonyl (C=O) groups is 2. The maximum Gasteiger partial charge on any atom is 0.255 e. The van der Waals surface area contributed by atoms with E-state index >= 15 is 0 Å². The highest BCUT2D eigenvalue weighted by molar-refractivity contribution is 6.00. The van der Waals surface area contributed by atoms with Crippen LogP contribution in [0.15, 0.2) is 43.0 Å². The van der Waals surface area contributed by atoms with E-state index in [0.717, 1.165) is 12.1 Å². The highest BCUT2D eigenvalue weighted by Gasteiger charge is 2.49. The van der Waals surface area contributed by atoms with Crippen LogP contribution in [0.5, 0.6) is 0 Å². The van der Waals surface area contributed by atoms with Crippen molar-refractivity contribution in [3.63, 3.8) is 0 Å². The first-order valence-corrected chi connectivity index (χ1v) is 7.55. The molecule has 2 aliphatic heterocycles. The third-order valence-corrected chi connectivity index (χ3v) is 4.51. The number of fused-ring (bicyclic) bond motifs is 1. The van der Waals surface area contributed by atoms with Crippen molar-refractivity contribution in [2.24, 2.45) is 0 Å². The van der Waals surface area contributed by atoms with Gasteiger partial charge >= 0.3 is 0 Å². The van der Waals surface area contributed by atoms with E-state index in [2.05, 4.69) is 15.2 Å². The van der Waals surface area contributed by atoms with E-state index in [1.54, 1.807) is 28.3 Å². The van der Waals surface area contributed by atoms with Crippen LogP contribution in [0.4, 0.5) is 5.69 Å². The average Bonchev–Trinajstić information content (AvgIpc) is 3.13. The van der Waals surface area contributed by atoms with Gasteiger partial charge in [0.25, 0.3) is 5.91 Å². The molecule has 4 heterocycles. The minimum atomic E-state index is -0.0941. The first kappa shape index (κ1) is 13.8. The van der Waals surface area contributed by atoms with Crippen molar-refractivity contribution in [1.29, 1.82) is 0 Å². The lowest BCUT2D eigenvalue weighted by Crippen LogP contribution is -2.40. The number of anilines is 1. The number of likely N-dealkylation sites (tertiary alicyclic amines) is 1. The Kier molecular flexibility index (Phi) is 3.25. The molecule has 0 saturated carbocycles. The van der Waals surface area contributed by atoms with E-state index in [1.165, 1.54) is 12.4 Å². The molecule has 0 radical (unpaired) electrons. The summed E-state index contributed by atoms with van der Waals surface area (Å²) in [7, 11) is 0. The van der Waals surface area contributed by atoms with Gasteiger partial charge in [-0.05, 0) is 24.6 Å². The zero-order chi connectivity index (χ0) is 15.8. The number of amides is 2. The Bertz CT molecular complexity index is 737. The van der Waals surface area contributed by atoms with Gasteiger partial charge in [-0.25, -0.2) is 0 Å². The quantitative estimate of drug-likeness (QED) is 0.823. The third kappa shape index (κ3) is 2.25. The summed E-state index contributed by atoms with van der Waals surface area (Å²) in [5.41, 5.74) is 1.30. The van der Waals surface area contributed by atoms with Crippen LogP contribution in [0.25, 0.3) is 0 Å². The van der Waals surface area contributed by atoms with Crippen molar-refractivity contribution in [3.8, 4) is 0 Å². The zero-order valence-electron chi connectivity index (χ0n) is 12.4. The molecule has 2 saturated heterocycles. The lowest BCUT2D eigenvalue weighted by molar-refractivity contribution is -0.117. The largest absolute Gasteiger partial charge is 0.333 e. The molecule has 2 atom stereocenters. The fourth-order valence-corrected chi connectivity index (χ4v) is 3.51. The standard InChI is InChI=1S/C16H15N5O2/c22-15-8-14-13(21(15)12-2-1-5-17-10-12)4-7-20(14)16(23)11-3-6-18-19-9-11/h1-3,5-6,9-10,13-14H,4,7-8H2/t13-,14+/m1/s1. The van der Waals surface area contributed by atoms with Crippen LogP contribution >= 0.6 is 0 Å². The fraction of sp³-hybridized carbons (Fsp3) is 0.312. The lowest BCUT2D eigenvalue weighted by Gasteiger charge is -2.25. The smallest absolute Gasteiger partial charge is 0.255 e. The maximum absolute atomic E-state index is 12.7. The van der Waals surface area contributed by atoms with Crippen LogP contribution in [0.2, 0.25) is 0 Å². The summed E-state index contributed by atoms with van der Waals surface area (Å²) >= 11 is 0. The summed E-state index contributed by atoms with van der Waals surface area (Å²) in [4.78, 5) is 32.8. The summed E-state index contributed by atoms with van der Waals surface area (Å²) in [6.45, 7) is 0.639. The Hall–Kier alpha value is -2.83. The SMILES string of the molecule is O=C(c1ccnnc1)N1CC[C@@H]2[C@@H]1CC(=O)N2c1cccnc1. The highest BCUT2D eigenvalue weighted by atomic mass is 16.2. The van der Waals surface area contributed by atoms with E-state index in [0.29, 0.717) is 18.5 Å². The van der Waals surface area contributed by atoms with Crippen molar-refractivity contribution < 1.29 is 9.59 Å². The molecule has 0 spiro atoms. The molecule has 2 aromatic heterocycles. The molecule has 2 aliphatic rings. The molecule has 0 aromatic carbocycles. The van der Waals surface area contributed by atoms with Crippen molar-refractivity contribution in [2.75, 3.05) is 11.4 Å². The van der Waals surface area contributed by atoms with Gasteiger partial charge < -0.3 is 9.80 Å². The van der Waals surface area contributed by atoms with Crippen molar-refractivity contribution in [1.82, 2.24) is 20.1 Å². The van der Waals surface area contributed by atoms with Crippen LogP contribution < -0.4 is 4.90 Å². The van der Waals surface area contributed by atoms with Gasteiger partial charge in [0, 0.05) is 19.2 Å². The molecule has 0 bridgehead atoms. The molecule has 116 valence electrons. The maximum atomic E-state index is 12.7. The molecular formula is C16H15N5O2. The molecule has 7 heteroatoms. The number of carbonyl (C=O) groups excluding carboxylic acids is 2. The molecular weight excluding hydrogens is 294 g/mol. The molecule has 23 heavy (non-hydrogen) atoms. The molecule has 0 unspecified atom stereocenters. The predicted molar refractivity (Wildman–Crippen MR) is 81.6 cm³/mol. The Labute approximate surface area is 133 Å². The number of aromatic nitrogens is 3. The lowest BCUT2D eigenvalue weighted by atomic mass is 10.1. The molecule has 0 N–H and O–H groups in total. The minimum Gasteiger partial charge on any atom is -0.333 e. The normalized spacial score (nSPS) is 23.2. The first-order valence-electron chi connectivity index (χ1n) is 7.55. The number of pyridine rings is 1. The van der Waals surface area contributed by atoms with E-state index in [1.807, 2.05) is 12.1 Å². The predicted octanol–water partition coefficient (Wildman–Crippen LogP) is 0.892. The number of nitrogens with zero attached hydrogens (tertiary/aromatic N) is 5. The summed E-state index contributed by atoms with van der Waals surface area (Å²) < 4.78 is 0. The average molecular weight is 309 g/mol. The second-order valence-electron chi connectivity index (χ2n) is 5.73. The van der Waals surface area contributed by atoms with E-state index in [4.69, 9.17) is 0 Å². The summed E-state index contributed by atoms with van der Waals surface area (Å²) in [6.07, 6.45) is 7.47. The topological polar surface area (TPSA) is 79.3 Å². The Balaban J connectivity index is 1.60. The first-order chi connectivity index (χ1) is 11.3. The van der Waals surface area contributed by atoms with Gasteiger partial charge in [-0.3, -0.25) is 14.6 Å². The van der Waals surface area contributed by atoms with Gasteiger partial charge in [0.2, 0.25) is 5.91 Å². The molecule has 4 rings (SSSR count). The Morgan fingerprint density at radius 2 is 2.04 bits per heavy atom. The number of hydrogen-bond donors (Lipinski definition) is 0. The van der Waals surface area contributed by atoms with Crippen LogP contribution in [-0.4, -0.2) is 50.5 Å². The fourth-order valence-electron chi connectivity index (χ4n) is 3.51. The van der Waals surface area contributed by atoms with Crippen LogP contribution in [0.3, 0.4) is 0 Å². The molecule has 7 nitrogen and oxygen atoms in total. The molecule has 0 aliphatic carbocycles. The number of hydrogen-bond acceptors (Lipinski definition) is 5. The van der Waals surface area contributed by atoms with Gasteiger partial charge in [-0.15, -0.1) is 0 Å².